The molecule has 4 aromatic carbocycles. The van der Waals surface area contributed by atoms with E-state index in [0.717, 1.165) is 29.4 Å². The van der Waals surface area contributed by atoms with Crippen molar-refractivity contribution in [2.45, 2.75) is 51.5 Å². The van der Waals surface area contributed by atoms with Gasteiger partial charge < -0.3 is 4.74 Å². The molecule has 1 heterocycles. The van der Waals surface area contributed by atoms with E-state index in [4.69, 9.17) is 4.74 Å². The number of hydrogen-bond donors (Lipinski definition) is 0. The molecule has 0 amide bonds. The van der Waals surface area contributed by atoms with Crippen LogP contribution in [0.15, 0.2) is 91.0 Å². The lowest BCUT2D eigenvalue weighted by atomic mass is 9.87. The molecule has 5 rings (SSSR count). The number of ether oxygens (including phenoxy) is 1. The zero-order valence-corrected chi connectivity index (χ0v) is 21.5. The van der Waals surface area contributed by atoms with Crippen molar-refractivity contribution in [2.75, 3.05) is 13.1 Å². The molecule has 3 heteroatoms. The van der Waals surface area contributed by atoms with Gasteiger partial charge >= 0.3 is 5.97 Å². The summed E-state index contributed by atoms with van der Waals surface area (Å²) in [6, 6.07) is 30.9. The molecule has 0 aliphatic carbocycles. The van der Waals surface area contributed by atoms with Crippen LogP contribution in [0.4, 0.5) is 0 Å². The van der Waals surface area contributed by atoms with Gasteiger partial charge in [-0.2, -0.15) is 0 Å². The predicted molar refractivity (Wildman–Crippen MR) is 148 cm³/mol. The topological polar surface area (TPSA) is 29.5 Å². The average molecular weight is 478 g/mol. The van der Waals surface area contributed by atoms with Crippen molar-refractivity contribution in [1.82, 2.24) is 4.90 Å². The van der Waals surface area contributed by atoms with Crippen LogP contribution in [-0.4, -0.2) is 24.0 Å². The Bertz CT molecular complexity index is 1330. The lowest BCUT2D eigenvalue weighted by Gasteiger charge is -2.36. The van der Waals surface area contributed by atoms with Gasteiger partial charge in [0, 0.05) is 5.56 Å². The summed E-state index contributed by atoms with van der Waals surface area (Å²) in [5.41, 5.74) is 4.09. The van der Waals surface area contributed by atoms with Crippen molar-refractivity contribution in [1.29, 1.82) is 0 Å². The molecule has 1 fully saturated rings. The third kappa shape index (κ3) is 5.08. The Morgan fingerprint density at radius 3 is 2.14 bits per heavy atom. The van der Waals surface area contributed by atoms with Gasteiger partial charge in [-0.05, 0) is 71.4 Å². The van der Waals surface area contributed by atoms with Crippen molar-refractivity contribution in [3.8, 4) is 5.75 Å². The molecule has 4 aromatic rings. The normalized spacial score (nSPS) is 15.5. The van der Waals surface area contributed by atoms with E-state index in [1.54, 1.807) is 0 Å². The molecule has 1 atom stereocenters. The molecule has 0 spiro atoms. The summed E-state index contributed by atoms with van der Waals surface area (Å²) in [4.78, 5) is 15.9. The van der Waals surface area contributed by atoms with Gasteiger partial charge in [0.05, 0.1) is 11.6 Å². The Hall–Kier alpha value is -3.43. The lowest BCUT2D eigenvalue weighted by molar-refractivity contribution is 0.0730. The number of piperidine rings is 1. The highest BCUT2D eigenvalue weighted by Crippen LogP contribution is 2.41. The monoisotopic (exact) mass is 477 g/mol. The van der Waals surface area contributed by atoms with E-state index in [0.29, 0.717) is 11.3 Å². The van der Waals surface area contributed by atoms with Crippen LogP contribution in [0.25, 0.3) is 10.8 Å². The van der Waals surface area contributed by atoms with E-state index in [2.05, 4.69) is 86.3 Å². The Morgan fingerprint density at radius 1 is 0.778 bits per heavy atom. The van der Waals surface area contributed by atoms with Gasteiger partial charge in [0.25, 0.3) is 0 Å². The number of nitrogens with zero attached hydrogens (tertiary/aromatic N) is 1. The molecule has 1 saturated heterocycles. The molecule has 0 saturated carbocycles. The molecule has 0 unspecified atom stereocenters. The third-order valence-electron chi connectivity index (χ3n) is 7.26. The minimum absolute atomic E-state index is 0.0173. The van der Waals surface area contributed by atoms with E-state index in [1.165, 1.54) is 30.4 Å². The summed E-state index contributed by atoms with van der Waals surface area (Å²) < 4.78 is 6.19. The highest BCUT2D eigenvalue weighted by atomic mass is 16.5. The molecule has 1 aliphatic rings. The van der Waals surface area contributed by atoms with E-state index in [1.807, 2.05) is 30.3 Å². The molecule has 0 aromatic heterocycles. The molecule has 0 N–H and O–H groups in total. The van der Waals surface area contributed by atoms with Crippen LogP contribution in [0.5, 0.6) is 5.75 Å². The van der Waals surface area contributed by atoms with Crippen molar-refractivity contribution < 1.29 is 9.53 Å². The molecular formula is C33H35NO2. The number of hydrogen-bond acceptors (Lipinski definition) is 3. The SMILES string of the molecule is CC(C)(C)c1ccc(C(=O)Oc2ccc3ccccc3c2[C@@H](c2ccccc2)N2CCCCC2)cc1. The Morgan fingerprint density at radius 2 is 1.44 bits per heavy atom. The van der Waals surface area contributed by atoms with E-state index in [-0.39, 0.29) is 17.4 Å². The second-order valence-electron chi connectivity index (χ2n) is 10.8. The van der Waals surface area contributed by atoms with Gasteiger partial charge in [-0.3, -0.25) is 4.90 Å². The van der Waals surface area contributed by atoms with Crippen LogP contribution in [0.2, 0.25) is 0 Å². The van der Waals surface area contributed by atoms with Crippen LogP contribution >= 0.6 is 0 Å². The van der Waals surface area contributed by atoms with Gasteiger partial charge in [-0.1, -0.05) is 100.0 Å². The van der Waals surface area contributed by atoms with Crippen molar-refractivity contribution in [3.05, 3.63) is 113 Å². The number of carbonyl (C=O) groups excluding carboxylic acids is 1. The zero-order chi connectivity index (χ0) is 25.1. The first-order valence-corrected chi connectivity index (χ1v) is 13.1. The molecular weight excluding hydrogens is 442 g/mol. The smallest absolute Gasteiger partial charge is 0.343 e. The summed E-state index contributed by atoms with van der Waals surface area (Å²) in [7, 11) is 0. The van der Waals surface area contributed by atoms with Gasteiger partial charge in [-0.15, -0.1) is 0 Å². The van der Waals surface area contributed by atoms with Crippen LogP contribution < -0.4 is 4.74 Å². The lowest BCUT2D eigenvalue weighted by Crippen LogP contribution is -2.34. The molecule has 36 heavy (non-hydrogen) atoms. The number of carbonyl (C=O) groups is 1. The summed E-state index contributed by atoms with van der Waals surface area (Å²) in [5, 5.41) is 2.28. The highest BCUT2D eigenvalue weighted by Gasteiger charge is 2.29. The Labute approximate surface area is 214 Å². The fourth-order valence-corrected chi connectivity index (χ4v) is 5.28. The van der Waals surface area contributed by atoms with Gasteiger partial charge in [0.2, 0.25) is 0 Å². The van der Waals surface area contributed by atoms with E-state index >= 15 is 0 Å². The molecule has 3 nitrogen and oxygen atoms in total. The van der Waals surface area contributed by atoms with Gasteiger partial charge in [-0.25, -0.2) is 4.79 Å². The first-order valence-electron chi connectivity index (χ1n) is 13.1. The Balaban J connectivity index is 1.59. The highest BCUT2D eigenvalue weighted by molar-refractivity contribution is 5.94. The van der Waals surface area contributed by atoms with Crippen LogP contribution in [-0.2, 0) is 5.41 Å². The molecule has 0 radical (unpaired) electrons. The molecule has 1 aliphatic heterocycles. The van der Waals surface area contributed by atoms with Crippen LogP contribution in [0, 0.1) is 0 Å². The fourth-order valence-electron chi connectivity index (χ4n) is 5.28. The summed E-state index contributed by atoms with van der Waals surface area (Å²) in [6.45, 7) is 8.58. The second-order valence-corrected chi connectivity index (χ2v) is 10.8. The van der Waals surface area contributed by atoms with Crippen molar-refractivity contribution in [2.24, 2.45) is 0 Å². The first kappa shape index (κ1) is 24.3. The van der Waals surface area contributed by atoms with Gasteiger partial charge in [0.1, 0.15) is 5.75 Å². The number of rotatable bonds is 5. The number of fused-ring (bicyclic) bond motifs is 1. The quantitative estimate of drug-likeness (QED) is 0.216. The first-order chi connectivity index (χ1) is 17.4. The summed E-state index contributed by atoms with van der Waals surface area (Å²) >= 11 is 0. The van der Waals surface area contributed by atoms with Crippen molar-refractivity contribution in [3.63, 3.8) is 0 Å². The fraction of sp³-hybridized carbons (Fsp3) is 0.303. The van der Waals surface area contributed by atoms with E-state index < -0.39 is 0 Å². The van der Waals surface area contributed by atoms with E-state index in [9.17, 15) is 4.79 Å². The maximum Gasteiger partial charge on any atom is 0.343 e. The summed E-state index contributed by atoms with van der Waals surface area (Å²) in [5.74, 6) is 0.315. The number of likely N-dealkylation sites (tertiary alicyclic amines) is 1. The van der Waals surface area contributed by atoms with Crippen LogP contribution in [0.1, 0.15) is 73.1 Å². The maximum absolute atomic E-state index is 13.4. The predicted octanol–water partition coefficient (Wildman–Crippen LogP) is 7.93. The van der Waals surface area contributed by atoms with Crippen LogP contribution in [0.3, 0.4) is 0 Å². The third-order valence-corrected chi connectivity index (χ3v) is 7.26. The number of benzene rings is 4. The minimum Gasteiger partial charge on any atom is -0.423 e. The Kier molecular flexibility index (Phi) is 6.93. The zero-order valence-electron chi connectivity index (χ0n) is 21.5. The second kappa shape index (κ2) is 10.3. The maximum atomic E-state index is 13.4. The standard InChI is InChI=1S/C33H35NO2/c1-33(2,3)27-19-16-26(17-20-27)32(35)36-29-21-18-24-12-8-9-15-28(24)30(29)31(25-13-6-4-7-14-25)34-22-10-5-11-23-34/h4,6-9,12-21,31H,5,10-11,22-23H2,1-3H3/t31-/m1/s1. The van der Waals surface area contributed by atoms with Gasteiger partial charge in [0.15, 0.2) is 0 Å². The minimum atomic E-state index is -0.322. The molecule has 0 bridgehead atoms. The molecule has 184 valence electrons. The summed E-state index contributed by atoms with van der Waals surface area (Å²) in [6.07, 6.45) is 3.63. The average Bonchev–Trinajstić information content (AvgIpc) is 2.90. The number of esters is 1. The van der Waals surface area contributed by atoms with Crippen molar-refractivity contribution >= 4 is 16.7 Å². The largest absolute Gasteiger partial charge is 0.423 e.